The molecule has 0 bridgehead atoms. The summed E-state index contributed by atoms with van der Waals surface area (Å²) in [6.45, 7) is 5.30. The normalized spacial score (nSPS) is 24.5. The fourth-order valence-corrected chi connectivity index (χ4v) is 3.88. The van der Waals surface area contributed by atoms with Gasteiger partial charge in [0.15, 0.2) is 0 Å². The van der Waals surface area contributed by atoms with Crippen LogP contribution in [-0.4, -0.2) is 30.6 Å². The lowest BCUT2D eigenvalue weighted by Gasteiger charge is -2.20. The van der Waals surface area contributed by atoms with Gasteiger partial charge in [0.1, 0.15) is 5.82 Å². The Morgan fingerprint density at radius 3 is 2.81 bits per heavy atom. The summed E-state index contributed by atoms with van der Waals surface area (Å²) in [7, 11) is 0. The van der Waals surface area contributed by atoms with Gasteiger partial charge in [-0.2, -0.15) is 0 Å². The Kier molecular flexibility index (Phi) is 4.75. The highest BCUT2D eigenvalue weighted by Gasteiger charge is 2.34. The summed E-state index contributed by atoms with van der Waals surface area (Å²) in [6, 6.07) is 3.68. The van der Waals surface area contributed by atoms with E-state index in [1.54, 1.807) is 6.07 Å². The van der Waals surface area contributed by atoms with E-state index in [0.717, 1.165) is 12.6 Å². The first-order chi connectivity index (χ1) is 10.1. The third-order valence-electron chi connectivity index (χ3n) is 4.61. The SMILES string of the molecule is CC(NCC1CCN(C2CC2)C1)c1c(Cl)ccc(F)c1Cl. The molecule has 1 saturated carbocycles. The molecular formula is C16H21Cl2FN2. The highest BCUT2D eigenvalue weighted by atomic mass is 35.5. The van der Waals surface area contributed by atoms with Crippen LogP contribution in [0.1, 0.15) is 37.8 Å². The van der Waals surface area contributed by atoms with Gasteiger partial charge in [0.25, 0.3) is 0 Å². The first kappa shape index (κ1) is 15.5. The molecule has 0 aromatic heterocycles. The lowest BCUT2D eigenvalue weighted by Crippen LogP contribution is -2.29. The number of benzene rings is 1. The van der Waals surface area contributed by atoms with Crippen LogP contribution in [0, 0.1) is 11.7 Å². The van der Waals surface area contributed by atoms with E-state index in [1.165, 1.54) is 38.4 Å². The lowest BCUT2D eigenvalue weighted by atomic mass is 10.1. The largest absolute Gasteiger partial charge is 0.310 e. The molecule has 3 rings (SSSR count). The van der Waals surface area contributed by atoms with Gasteiger partial charge in [-0.15, -0.1) is 0 Å². The zero-order valence-corrected chi connectivity index (χ0v) is 13.7. The number of hydrogen-bond acceptors (Lipinski definition) is 2. The fourth-order valence-electron chi connectivity index (χ4n) is 3.19. The third kappa shape index (κ3) is 3.53. The average molecular weight is 331 g/mol. The van der Waals surface area contributed by atoms with Crippen molar-refractivity contribution in [3.63, 3.8) is 0 Å². The van der Waals surface area contributed by atoms with Crippen molar-refractivity contribution in [3.05, 3.63) is 33.6 Å². The molecule has 0 radical (unpaired) electrons. The second kappa shape index (κ2) is 6.41. The molecule has 1 aromatic rings. The van der Waals surface area contributed by atoms with Gasteiger partial charge in [0.2, 0.25) is 0 Å². The third-order valence-corrected chi connectivity index (χ3v) is 5.32. The first-order valence-corrected chi connectivity index (χ1v) is 8.42. The van der Waals surface area contributed by atoms with E-state index in [0.29, 0.717) is 16.5 Å². The maximum atomic E-state index is 13.6. The summed E-state index contributed by atoms with van der Waals surface area (Å²) in [6.07, 6.45) is 3.97. The van der Waals surface area contributed by atoms with Gasteiger partial charge >= 0.3 is 0 Å². The second-order valence-electron chi connectivity index (χ2n) is 6.27. The molecule has 1 heterocycles. The first-order valence-electron chi connectivity index (χ1n) is 7.67. The number of nitrogens with one attached hydrogen (secondary N) is 1. The molecule has 5 heteroatoms. The minimum atomic E-state index is -0.412. The van der Waals surface area contributed by atoms with Crippen LogP contribution in [0.5, 0.6) is 0 Å². The van der Waals surface area contributed by atoms with Crippen molar-refractivity contribution in [1.82, 2.24) is 10.2 Å². The van der Waals surface area contributed by atoms with Gasteiger partial charge in [-0.25, -0.2) is 4.39 Å². The molecule has 2 nitrogen and oxygen atoms in total. The summed E-state index contributed by atoms with van der Waals surface area (Å²) in [4.78, 5) is 2.60. The summed E-state index contributed by atoms with van der Waals surface area (Å²) in [5.74, 6) is 0.254. The molecule has 21 heavy (non-hydrogen) atoms. The fraction of sp³-hybridized carbons (Fsp3) is 0.625. The van der Waals surface area contributed by atoms with Crippen molar-refractivity contribution in [2.45, 2.75) is 38.3 Å². The zero-order valence-electron chi connectivity index (χ0n) is 12.2. The van der Waals surface area contributed by atoms with Crippen molar-refractivity contribution < 1.29 is 4.39 Å². The molecule has 2 atom stereocenters. The topological polar surface area (TPSA) is 15.3 Å². The maximum Gasteiger partial charge on any atom is 0.142 e. The van der Waals surface area contributed by atoms with Crippen LogP contribution in [0.4, 0.5) is 4.39 Å². The Bertz CT molecular complexity index is 519. The summed E-state index contributed by atoms with van der Waals surface area (Å²) in [5, 5.41) is 4.12. The molecule has 1 N–H and O–H groups in total. The van der Waals surface area contributed by atoms with Gasteiger partial charge in [-0.05, 0) is 57.3 Å². The standard InChI is InChI=1S/C16H21Cl2FN2/c1-10(15-13(17)4-5-14(19)16(15)18)20-8-11-6-7-21(9-11)12-2-3-12/h4-5,10-12,20H,2-3,6-9H2,1H3. The van der Waals surface area contributed by atoms with Gasteiger partial charge in [-0.1, -0.05) is 23.2 Å². The highest BCUT2D eigenvalue weighted by Crippen LogP contribution is 2.34. The van der Waals surface area contributed by atoms with E-state index in [9.17, 15) is 4.39 Å². The molecule has 1 saturated heterocycles. The van der Waals surface area contributed by atoms with Gasteiger partial charge in [0.05, 0.1) is 5.02 Å². The molecule has 116 valence electrons. The molecule has 2 unspecified atom stereocenters. The maximum absolute atomic E-state index is 13.6. The van der Waals surface area contributed by atoms with Crippen molar-refractivity contribution in [2.75, 3.05) is 19.6 Å². The molecule has 2 fully saturated rings. The van der Waals surface area contributed by atoms with E-state index in [1.807, 2.05) is 6.92 Å². The quantitative estimate of drug-likeness (QED) is 0.811. The predicted molar refractivity (Wildman–Crippen MR) is 85.5 cm³/mol. The van der Waals surface area contributed by atoms with Crippen LogP contribution in [0.2, 0.25) is 10.0 Å². The van der Waals surface area contributed by atoms with Crippen LogP contribution in [0.3, 0.4) is 0 Å². The summed E-state index contributed by atoms with van der Waals surface area (Å²) in [5.41, 5.74) is 0.662. The zero-order chi connectivity index (χ0) is 15.0. The van der Waals surface area contributed by atoms with Crippen molar-refractivity contribution >= 4 is 23.2 Å². The van der Waals surface area contributed by atoms with Gasteiger partial charge in [0, 0.05) is 29.2 Å². The Labute approximate surface area is 135 Å². The van der Waals surface area contributed by atoms with Crippen LogP contribution in [0.15, 0.2) is 12.1 Å². The number of nitrogens with zero attached hydrogens (tertiary/aromatic N) is 1. The minimum Gasteiger partial charge on any atom is -0.310 e. The smallest absolute Gasteiger partial charge is 0.142 e. The van der Waals surface area contributed by atoms with Gasteiger partial charge < -0.3 is 10.2 Å². The Morgan fingerprint density at radius 2 is 2.10 bits per heavy atom. The van der Waals surface area contributed by atoms with Crippen LogP contribution < -0.4 is 5.32 Å². The Morgan fingerprint density at radius 1 is 1.33 bits per heavy atom. The minimum absolute atomic E-state index is 0.0457. The van der Waals surface area contributed by atoms with E-state index in [4.69, 9.17) is 23.2 Å². The molecule has 0 amide bonds. The predicted octanol–water partition coefficient (Wildman–Crippen LogP) is 4.27. The monoisotopic (exact) mass is 330 g/mol. The van der Waals surface area contributed by atoms with Gasteiger partial charge in [-0.3, -0.25) is 0 Å². The number of rotatable bonds is 5. The average Bonchev–Trinajstić information content (AvgIpc) is 3.20. The molecule has 0 spiro atoms. The van der Waals surface area contributed by atoms with E-state index in [2.05, 4.69) is 10.2 Å². The number of hydrogen-bond donors (Lipinski definition) is 1. The molecule has 2 aliphatic rings. The summed E-state index contributed by atoms with van der Waals surface area (Å²) >= 11 is 12.2. The Balaban J connectivity index is 1.57. The molecule has 1 aromatic carbocycles. The van der Waals surface area contributed by atoms with Crippen LogP contribution in [0.25, 0.3) is 0 Å². The summed E-state index contributed by atoms with van der Waals surface area (Å²) < 4.78 is 13.6. The molecule has 1 aliphatic carbocycles. The van der Waals surface area contributed by atoms with E-state index in [-0.39, 0.29) is 11.1 Å². The molecule has 1 aliphatic heterocycles. The molecular weight excluding hydrogens is 310 g/mol. The van der Waals surface area contributed by atoms with Crippen molar-refractivity contribution in [2.24, 2.45) is 5.92 Å². The van der Waals surface area contributed by atoms with Crippen molar-refractivity contribution in [1.29, 1.82) is 0 Å². The van der Waals surface area contributed by atoms with Crippen LogP contribution in [-0.2, 0) is 0 Å². The number of halogens is 3. The second-order valence-corrected chi connectivity index (χ2v) is 7.05. The van der Waals surface area contributed by atoms with E-state index < -0.39 is 5.82 Å². The Hall–Kier alpha value is -0.350. The highest BCUT2D eigenvalue weighted by molar-refractivity contribution is 6.36. The number of likely N-dealkylation sites (tertiary alicyclic amines) is 1. The lowest BCUT2D eigenvalue weighted by molar-refractivity contribution is 0.310. The van der Waals surface area contributed by atoms with Crippen LogP contribution >= 0.6 is 23.2 Å². The van der Waals surface area contributed by atoms with E-state index >= 15 is 0 Å². The van der Waals surface area contributed by atoms with Crippen molar-refractivity contribution in [3.8, 4) is 0 Å².